The molecule has 0 spiro atoms. The average molecular weight is 373 g/mol. The van der Waals surface area contributed by atoms with Crippen LogP contribution in [0.2, 0.25) is 0 Å². The second-order valence-electron chi connectivity index (χ2n) is 6.84. The van der Waals surface area contributed by atoms with Gasteiger partial charge in [-0.2, -0.15) is 0 Å². The van der Waals surface area contributed by atoms with Crippen molar-refractivity contribution in [2.75, 3.05) is 6.54 Å². The van der Waals surface area contributed by atoms with E-state index < -0.39 is 11.9 Å². The van der Waals surface area contributed by atoms with Gasteiger partial charge in [-0.15, -0.1) is 0 Å². The van der Waals surface area contributed by atoms with Gasteiger partial charge in [-0.3, -0.25) is 14.2 Å². The van der Waals surface area contributed by atoms with Gasteiger partial charge in [0.05, 0.1) is 12.0 Å². The maximum atomic E-state index is 13.2. The van der Waals surface area contributed by atoms with Gasteiger partial charge in [0.2, 0.25) is 0 Å². The number of nitrogens with one attached hydrogen (secondary N) is 1. The number of rotatable bonds is 7. The Hall–Kier alpha value is -2.70. The van der Waals surface area contributed by atoms with Gasteiger partial charge in [0.25, 0.3) is 11.5 Å². The van der Waals surface area contributed by atoms with E-state index in [1.54, 1.807) is 25.4 Å². The number of carbonyl (C=O) groups excluding carboxylic acids is 1. The number of halogens is 1. The molecule has 2 aromatic rings. The van der Waals surface area contributed by atoms with Crippen LogP contribution in [0.3, 0.4) is 0 Å². The van der Waals surface area contributed by atoms with Gasteiger partial charge in [-0.05, 0) is 31.9 Å². The van der Waals surface area contributed by atoms with Crippen molar-refractivity contribution in [3.05, 3.63) is 58.5 Å². The molecule has 1 aromatic heterocycles. The highest BCUT2D eigenvalue weighted by Gasteiger charge is 2.19. The Labute approximate surface area is 157 Å². The summed E-state index contributed by atoms with van der Waals surface area (Å²) in [7, 11) is 0. The monoisotopic (exact) mass is 373 g/mol. The van der Waals surface area contributed by atoms with Crippen LogP contribution in [0.25, 0.3) is 0 Å². The van der Waals surface area contributed by atoms with Crippen LogP contribution in [0.1, 0.15) is 44.2 Å². The molecule has 1 amide bonds. The van der Waals surface area contributed by atoms with E-state index in [1.807, 2.05) is 0 Å². The maximum Gasteiger partial charge on any atom is 0.260 e. The minimum absolute atomic E-state index is 0.106. The molecule has 1 aromatic carbocycles. The molecule has 3 rings (SSSR count). The molecule has 7 heteroatoms. The van der Waals surface area contributed by atoms with Crippen LogP contribution in [0.5, 0.6) is 5.75 Å². The Kier molecular flexibility index (Phi) is 6.21. The molecular formula is C20H24FN3O3. The lowest BCUT2D eigenvalue weighted by atomic mass is 10.0. The zero-order valence-electron chi connectivity index (χ0n) is 15.4. The van der Waals surface area contributed by atoms with Crippen molar-refractivity contribution < 1.29 is 13.9 Å². The zero-order chi connectivity index (χ0) is 19.2. The molecule has 1 aliphatic carbocycles. The highest BCUT2D eigenvalue weighted by Crippen LogP contribution is 2.32. The van der Waals surface area contributed by atoms with Gasteiger partial charge < -0.3 is 10.1 Å². The van der Waals surface area contributed by atoms with E-state index in [-0.39, 0.29) is 18.0 Å². The van der Waals surface area contributed by atoms with E-state index in [4.69, 9.17) is 4.74 Å². The Morgan fingerprint density at radius 1 is 1.37 bits per heavy atom. The average Bonchev–Trinajstić information content (AvgIpc) is 3.17. The Bertz CT molecular complexity index is 846. The van der Waals surface area contributed by atoms with Crippen LogP contribution in [0.4, 0.5) is 4.39 Å². The molecule has 1 heterocycles. The fraction of sp³-hybridized carbons (Fsp3) is 0.450. The molecule has 1 aliphatic rings. The van der Waals surface area contributed by atoms with Crippen molar-refractivity contribution in [2.45, 2.75) is 51.2 Å². The van der Waals surface area contributed by atoms with Crippen LogP contribution in [0.15, 0.2) is 41.5 Å². The highest BCUT2D eigenvalue weighted by atomic mass is 19.1. The summed E-state index contributed by atoms with van der Waals surface area (Å²) in [5.41, 5.74) is 0.764. The lowest BCUT2D eigenvalue weighted by molar-refractivity contribution is -0.127. The summed E-state index contributed by atoms with van der Waals surface area (Å²) in [6, 6.07) is 7.24. The van der Waals surface area contributed by atoms with Crippen molar-refractivity contribution in [3.8, 4) is 5.75 Å². The van der Waals surface area contributed by atoms with Crippen molar-refractivity contribution in [3.63, 3.8) is 0 Å². The standard InChI is InChI=1S/C20H24FN3O3/c1-14(27-17-8-4-7-16(21)11-17)20(26)22-9-10-24-13-23-18(12-19(24)25)15-5-2-3-6-15/h4,7-8,11-15H,2-3,5-6,9-10H2,1H3,(H,22,26). The van der Waals surface area contributed by atoms with E-state index >= 15 is 0 Å². The molecule has 144 valence electrons. The molecule has 0 bridgehead atoms. The van der Waals surface area contributed by atoms with E-state index in [2.05, 4.69) is 10.3 Å². The van der Waals surface area contributed by atoms with E-state index in [0.29, 0.717) is 18.2 Å². The maximum absolute atomic E-state index is 13.2. The summed E-state index contributed by atoms with van der Waals surface area (Å²) < 4.78 is 20.1. The number of carbonyl (C=O) groups is 1. The minimum atomic E-state index is -0.772. The van der Waals surface area contributed by atoms with Gasteiger partial charge in [-0.1, -0.05) is 18.9 Å². The lowest BCUT2D eigenvalue weighted by Crippen LogP contribution is -2.39. The van der Waals surface area contributed by atoms with Crippen LogP contribution in [0, 0.1) is 5.82 Å². The molecule has 0 saturated heterocycles. The van der Waals surface area contributed by atoms with Crippen LogP contribution >= 0.6 is 0 Å². The number of amides is 1. The molecule has 1 fully saturated rings. The fourth-order valence-corrected chi connectivity index (χ4v) is 3.29. The molecule has 1 N–H and O–H groups in total. The smallest absolute Gasteiger partial charge is 0.260 e. The molecule has 6 nitrogen and oxygen atoms in total. The number of hydrogen-bond donors (Lipinski definition) is 1. The Balaban J connectivity index is 1.48. The van der Waals surface area contributed by atoms with Gasteiger partial charge in [0.1, 0.15) is 11.6 Å². The van der Waals surface area contributed by atoms with Gasteiger partial charge in [0.15, 0.2) is 6.10 Å². The largest absolute Gasteiger partial charge is 0.481 e. The van der Waals surface area contributed by atoms with Gasteiger partial charge in [0, 0.05) is 31.1 Å². The van der Waals surface area contributed by atoms with Crippen molar-refractivity contribution >= 4 is 5.91 Å². The molecule has 1 unspecified atom stereocenters. The second kappa shape index (κ2) is 8.79. The first kappa shape index (κ1) is 19.1. The van der Waals surface area contributed by atoms with E-state index in [9.17, 15) is 14.0 Å². The number of hydrogen-bond acceptors (Lipinski definition) is 4. The third kappa shape index (κ3) is 5.15. The highest BCUT2D eigenvalue weighted by molar-refractivity contribution is 5.80. The lowest BCUT2D eigenvalue weighted by Gasteiger charge is -2.15. The van der Waals surface area contributed by atoms with Gasteiger partial charge in [-0.25, -0.2) is 9.37 Å². The summed E-state index contributed by atoms with van der Waals surface area (Å²) in [4.78, 5) is 28.7. The molecule has 1 atom stereocenters. The Morgan fingerprint density at radius 3 is 2.85 bits per heavy atom. The first-order valence-electron chi connectivity index (χ1n) is 9.29. The first-order chi connectivity index (χ1) is 13.0. The first-order valence-corrected chi connectivity index (χ1v) is 9.29. The summed E-state index contributed by atoms with van der Waals surface area (Å²) in [5.74, 6) is -0.0654. The Morgan fingerprint density at radius 2 is 2.15 bits per heavy atom. The summed E-state index contributed by atoms with van der Waals surface area (Å²) in [6.07, 6.45) is 5.35. The number of aromatic nitrogens is 2. The van der Waals surface area contributed by atoms with Crippen LogP contribution in [-0.4, -0.2) is 28.1 Å². The van der Waals surface area contributed by atoms with Crippen LogP contribution < -0.4 is 15.6 Å². The van der Waals surface area contributed by atoms with Crippen molar-refractivity contribution in [2.24, 2.45) is 0 Å². The summed E-state index contributed by atoms with van der Waals surface area (Å²) in [5, 5.41) is 2.72. The SMILES string of the molecule is CC(Oc1cccc(F)c1)C(=O)NCCn1cnc(C2CCCC2)cc1=O. The van der Waals surface area contributed by atoms with Crippen molar-refractivity contribution in [1.29, 1.82) is 0 Å². The van der Waals surface area contributed by atoms with Crippen molar-refractivity contribution in [1.82, 2.24) is 14.9 Å². The summed E-state index contributed by atoms with van der Waals surface area (Å²) >= 11 is 0. The minimum Gasteiger partial charge on any atom is -0.481 e. The summed E-state index contributed by atoms with van der Waals surface area (Å²) in [6.45, 7) is 2.19. The molecule has 27 heavy (non-hydrogen) atoms. The van der Waals surface area contributed by atoms with E-state index in [0.717, 1.165) is 18.5 Å². The molecular weight excluding hydrogens is 349 g/mol. The normalized spacial score (nSPS) is 15.5. The molecule has 0 radical (unpaired) electrons. The quantitative estimate of drug-likeness (QED) is 0.810. The second-order valence-corrected chi connectivity index (χ2v) is 6.84. The topological polar surface area (TPSA) is 73.2 Å². The predicted molar refractivity (Wildman–Crippen MR) is 99.2 cm³/mol. The molecule has 1 saturated carbocycles. The third-order valence-electron chi connectivity index (χ3n) is 4.80. The number of benzene rings is 1. The number of nitrogens with zero attached hydrogens (tertiary/aromatic N) is 2. The van der Waals surface area contributed by atoms with E-state index in [1.165, 1.54) is 35.6 Å². The molecule has 0 aliphatic heterocycles. The number of ether oxygens (including phenoxy) is 1. The van der Waals surface area contributed by atoms with Crippen LogP contribution in [-0.2, 0) is 11.3 Å². The zero-order valence-corrected chi connectivity index (χ0v) is 15.4. The van der Waals surface area contributed by atoms with Gasteiger partial charge >= 0.3 is 0 Å². The fourth-order valence-electron chi connectivity index (χ4n) is 3.29. The third-order valence-corrected chi connectivity index (χ3v) is 4.80. The predicted octanol–water partition coefficient (Wildman–Crippen LogP) is 2.62.